The number of anilines is 3. The molecule has 2 aromatic carbocycles. The highest BCUT2D eigenvalue weighted by Gasteiger charge is 2.09. The van der Waals surface area contributed by atoms with Gasteiger partial charge in [-0.2, -0.15) is 0 Å². The van der Waals surface area contributed by atoms with Crippen LogP contribution in [0.5, 0.6) is 11.5 Å². The lowest BCUT2D eigenvalue weighted by atomic mass is 10.2. The Morgan fingerprint density at radius 3 is 2.27 bits per heavy atom. The highest BCUT2D eigenvalue weighted by Crippen LogP contribution is 2.28. The number of ether oxygens (including phenoxy) is 2. The molecule has 0 aliphatic heterocycles. The summed E-state index contributed by atoms with van der Waals surface area (Å²) in [5.41, 5.74) is 2.68. The van der Waals surface area contributed by atoms with Gasteiger partial charge in [-0.3, -0.25) is 4.79 Å². The zero-order valence-electron chi connectivity index (χ0n) is 15.8. The van der Waals surface area contributed by atoms with Crippen LogP contribution in [0.15, 0.2) is 42.5 Å². The third-order valence-corrected chi connectivity index (χ3v) is 4.13. The molecule has 1 amide bonds. The van der Waals surface area contributed by atoms with E-state index in [0.717, 1.165) is 18.8 Å². The van der Waals surface area contributed by atoms with Gasteiger partial charge in [0, 0.05) is 30.5 Å². The molecule has 0 aliphatic rings. The van der Waals surface area contributed by atoms with Gasteiger partial charge in [0.25, 0.3) is 0 Å². The third-order valence-electron chi connectivity index (χ3n) is 4.13. The summed E-state index contributed by atoms with van der Waals surface area (Å²) in [4.78, 5) is 14.5. The van der Waals surface area contributed by atoms with Gasteiger partial charge in [-0.25, -0.2) is 0 Å². The van der Waals surface area contributed by atoms with Crippen LogP contribution in [0.25, 0.3) is 0 Å². The summed E-state index contributed by atoms with van der Waals surface area (Å²) >= 11 is 0. The summed E-state index contributed by atoms with van der Waals surface area (Å²) in [7, 11) is 3.14. The van der Waals surface area contributed by atoms with Gasteiger partial charge in [0.15, 0.2) is 0 Å². The van der Waals surface area contributed by atoms with Crippen LogP contribution in [0.4, 0.5) is 17.1 Å². The van der Waals surface area contributed by atoms with Gasteiger partial charge in [0.05, 0.1) is 26.5 Å². The molecule has 0 fully saturated rings. The van der Waals surface area contributed by atoms with Crippen molar-refractivity contribution in [3.63, 3.8) is 0 Å². The number of carbonyl (C=O) groups is 1. The molecule has 0 aromatic heterocycles. The first kappa shape index (κ1) is 19.4. The molecule has 0 atom stereocenters. The zero-order valence-corrected chi connectivity index (χ0v) is 15.8. The second kappa shape index (κ2) is 9.56. The van der Waals surface area contributed by atoms with Crippen molar-refractivity contribution in [2.45, 2.75) is 13.8 Å². The number of nitrogens with one attached hydrogen (secondary N) is 2. The monoisotopic (exact) mass is 357 g/mol. The number of nitrogens with zero attached hydrogens (tertiary/aromatic N) is 1. The van der Waals surface area contributed by atoms with Crippen molar-refractivity contribution in [2.24, 2.45) is 0 Å². The lowest BCUT2D eigenvalue weighted by molar-refractivity contribution is -0.114. The molecular weight excluding hydrogens is 330 g/mol. The summed E-state index contributed by atoms with van der Waals surface area (Å²) < 4.78 is 10.4. The van der Waals surface area contributed by atoms with Crippen LogP contribution in [-0.2, 0) is 4.79 Å². The standard InChI is InChI=1S/C20H27N3O3/c1-5-23(6-2)16-9-7-15(8-10-16)21-14-20(24)22-18-12-11-17(25-3)13-19(18)26-4/h7-13,21H,5-6,14H2,1-4H3,(H,22,24). The second-order valence-corrected chi connectivity index (χ2v) is 5.69. The lowest BCUT2D eigenvalue weighted by Crippen LogP contribution is -2.23. The fraction of sp³-hybridized carbons (Fsp3) is 0.350. The molecule has 26 heavy (non-hydrogen) atoms. The van der Waals surface area contributed by atoms with Crippen LogP contribution in [0.3, 0.4) is 0 Å². The first-order valence-electron chi connectivity index (χ1n) is 8.72. The topological polar surface area (TPSA) is 62.8 Å². The van der Waals surface area contributed by atoms with Crippen molar-refractivity contribution in [2.75, 3.05) is 49.4 Å². The highest BCUT2D eigenvalue weighted by atomic mass is 16.5. The van der Waals surface area contributed by atoms with E-state index in [2.05, 4.69) is 41.5 Å². The number of carbonyl (C=O) groups excluding carboxylic acids is 1. The van der Waals surface area contributed by atoms with Gasteiger partial charge in [-0.15, -0.1) is 0 Å². The smallest absolute Gasteiger partial charge is 0.243 e. The van der Waals surface area contributed by atoms with E-state index >= 15 is 0 Å². The van der Waals surface area contributed by atoms with Gasteiger partial charge >= 0.3 is 0 Å². The number of rotatable bonds is 9. The van der Waals surface area contributed by atoms with Gasteiger partial charge in [-0.05, 0) is 50.2 Å². The van der Waals surface area contributed by atoms with Gasteiger partial charge in [-0.1, -0.05) is 0 Å². The minimum Gasteiger partial charge on any atom is -0.497 e. The summed E-state index contributed by atoms with van der Waals surface area (Å²) in [6, 6.07) is 13.3. The molecule has 2 aromatic rings. The van der Waals surface area contributed by atoms with E-state index in [0.29, 0.717) is 17.2 Å². The molecule has 2 N–H and O–H groups in total. The Balaban J connectivity index is 1.93. The van der Waals surface area contributed by atoms with Gasteiger partial charge in [0.2, 0.25) is 5.91 Å². The largest absolute Gasteiger partial charge is 0.497 e. The normalized spacial score (nSPS) is 10.2. The average molecular weight is 357 g/mol. The number of benzene rings is 2. The minimum absolute atomic E-state index is 0.152. The average Bonchev–Trinajstić information content (AvgIpc) is 2.68. The Bertz CT molecular complexity index is 713. The van der Waals surface area contributed by atoms with Gasteiger partial charge in [0.1, 0.15) is 11.5 Å². The van der Waals surface area contributed by atoms with Crippen molar-refractivity contribution in [1.82, 2.24) is 0 Å². The molecule has 0 heterocycles. The van der Waals surface area contributed by atoms with Crippen LogP contribution in [-0.4, -0.2) is 39.8 Å². The van der Waals surface area contributed by atoms with Crippen molar-refractivity contribution in [1.29, 1.82) is 0 Å². The van der Waals surface area contributed by atoms with E-state index in [9.17, 15) is 4.79 Å². The maximum Gasteiger partial charge on any atom is 0.243 e. The predicted octanol–water partition coefficient (Wildman–Crippen LogP) is 3.60. The summed E-state index contributed by atoms with van der Waals surface area (Å²) in [5, 5.41) is 5.97. The molecule has 0 aliphatic carbocycles. The molecular formula is C20H27N3O3. The molecule has 6 heteroatoms. The van der Waals surface area contributed by atoms with Crippen LogP contribution in [0.2, 0.25) is 0 Å². The quantitative estimate of drug-likeness (QED) is 0.718. The minimum atomic E-state index is -0.152. The maximum absolute atomic E-state index is 12.2. The fourth-order valence-corrected chi connectivity index (χ4v) is 2.66. The van der Waals surface area contributed by atoms with E-state index in [1.54, 1.807) is 32.4 Å². The molecule has 140 valence electrons. The molecule has 0 unspecified atom stereocenters. The van der Waals surface area contributed by atoms with Crippen LogP contribution < -0.4 is 25.0 Å². The number of amides is 1. The van der Waals surface area contributed by atoms with Crippen LogP contribution in [0, 0.1) is 0 Å². The summed E-state index contributed by atoms with van der Waals surface area (Å²) in [6.45, 7) is 6.37. The van der Waals surface area contributed by atoms with Crippen molar-refractivity contribution in [3.8, 4) is 11.5 Å². The summed E-state index contributed by atoms with van der Waals surface area (Å²) in [5.74, 6) is 1.08. The first-order chi connectivity index (χ1) is 12.6. The zero-order chi connectivity index (χ0) is 18.9. The number of methoxy groups -OCH3 is 2. The highest BCUT2D eigenvalue weighted by molar-refractivity contribution is 5.95. The fourth-order valence-electron chi connectivity index (χ4n) is 2.66. The molecule has 0 spiro atoms. The Kier molecular flexibility index (Phi) is 7.14. The van der Waals surface area contributed by atoms with E-state index in [1.807, 2.05) is 12.1 Å². The Morgan fingerprint density at radius 2 is 1.69 bits per heavy atom. The lowest BCUT2D eigenvalue weighted by Gasteiger charge is -2.21. The Hall–Kier alpha value is -2.89. The first-order valence-corrected chi connectivity index (χ1v) is 8.72. The molecule has 0 radical (unpaired) electrons. The van der Waals surface area contributed by atoms with Crippen molar-refractivity contribution < 1.29 is 14.3 Å². The van der Waals surface area contributed by atoms with Crippen molar-refractivity contribution >= 4 is 23.0 Å². The molecule has 0 saturated carbocycles. The van der Waals surface area contributed by atoms with E-state index in [4.69, 9.17) is 9.47 Å². The SMILES string of the molecule is CCN(CC)c1ccc(NCC(=O)Nc2ccc(OC)cc2OC)cc1. The van der Waals surface area contributed by atoms with Gasteiger partial charge < -0.3 is 25.0 Å². The van der Waals surface area contributed by atoms with Crippen LogP contribution in [0.1, 0.15) is 13.8 Å². The Morgan fingerprint density at radius 1 is 1.00 bits per heavy atom. The van der Waals surface area contributed by atoms with E-state index in [1.165, 1.54) is 5.69 Å². The Labute approximate surface area is 155 Å². The second-order valence-electron chi connectivity index (χ2n) is 5.69. The predicted molar refractivity (Wildman–Crippen MR) is 107 cm³/mol. The summed E-state index contributed by atoms with van der Waals surface area (Å²) in [6.07, 6.45) is 0. The van der Waals surface area contributed by atoms with Crippen LogP contribution >= 0.6 is 0 Å². The molecule has 6 nitrogen and oxygen atoms in total. The third kappa shape index (κ3) is 5.05. The van der Waals surface area contributed by atoms with E-state index in [-0.39, 0.29) is 12.5 Å². The molecule has 0 bridgehead atoms. The number of hydrogen-bond acceptors (Lipinski definition) is 5. The van der Waals surface area contributed by atoms with E-state index < -0.39 is 0 Å². The molecule has 0 saturated heterocycles. The van der Waals surface area contributed by atoms with Crippen molar-refractivity contribution in [3.05, 3.63) is 42.5 Å². The number of hydrogen-bond donors (Lipinski definition) is 2. The molecule has 2 rings (SSSR count). The maximum atomic E-state index is 12.2.